The molecule has 1 atom stereocenters. The lowest BCUT2D eigenvalue weighted by atomic mass is 10.1. The predicted molar refractivity (Wildman–Crippen MR) is 104 cm³/mol. The molecule has 1 unspecified atom stereocenters. The standard InChI is InChI=1S/C19H23ClN6O/c1-12-6-14(20)10-25-11-15(24-18(12)25)8-22-19(27)17-13(2)7-23-26(17)16-4-3-5-21-9-16/h6-7,10-11,16,21H,3-5,8-9H2,1-2H3,(H,22,27). The summed E-state index contributed by atoms with van der Waals surface area (Å²) in [6, 6.07) is 2.10. The molecule has 3 aromatic heterocycles. The first kappa shape index (κ1) is 18.0. The lowest BCUT2D eigenvalue weighted by Crippen LogP contribution is -2.35. The number of pyridine rings is 1. The minimum absolute atomic E-state index is 0.123. The number of nitrogens with zero attached hydrogens (tertiary/aromatic N) is 4. The van der Waals surface area contributed by atoms with Crippen LogP contribution >= 0.6 is 11.6 Å². The van der Waals surface area contributed by atoms with Gasteiger partial charge in [-0.3, -0.25) is 9.48 Å². The van der Waals surface area contributed by atoms with E-state index in [1.807, 2.05) is 41.4 Å². The number of nitrogens with one attached hydrogen (secondary N) is 2. The van der Waals surface area contributed by atoms with Crippen LogP contribution in [0.25, 0.3) is 5.65 Å². The number of hydrogen-bond acceptors (Lipinski definition) is 4. The summed E-state index contributed by atoms with van der Waals surface area (Å²) in [6.45, 7) is 6.11. The molecule has 1 fully saturated rings. The number of halogens is 1. The number of rotatable bonds is 4. The summed E-state index contributed by atoms with van der Waals surface area (Å²) < 4.78 is 3.76. The highest BCUT2D eigenvalue weighted by atomic mass is 35.5. The van der Waals surface area contributed by atoms with Crippen LogP contribution in [-0.2, 0) is 6.54 Å². The Morgan fingerprint density at radius 1 is 1.37 bits per heavy atom. The maximum Gasteiger partial charge on any atom is 0.270 e. The molecule has 27 heavy (non-hydrogen) atoms. The number of aromatic nitrogens is 4. The third kappa shape index (κ3) is 3.57. The average Bonchev–Trinajstić information content (AvgIpc) is 3.24. The molecule has 142 valence electrons. The van der Waals surface area contributed by atoms with Gasteiger partial charge in [0.1, 0.15) is 11.3 Å². The molecule has 8 heteroatoms. The van der Waals surface area contributed by atoms with Crippen LogP contribution < -0.4 is 10.6 Å². The number of aryl methyl sites for hydroxylation is 2. The van der Waals surface area contributed by atoms with E-state index in [0.29, 0.717) is 17.3 Å². The number of imidazole rings is 1. The monoisotopic (exact) mass is 386 g/mol. The lowest BCUT2D eigenvalue weighted by molar-refractivity contribution is 0.0934. The first-order valence-corrected chi connectivity index (χ1v) is 9.57. The first-order chi connectivity index (χ1) is 13.0. The van der Waals surface area contributed by atoms with E-state index in [1.54, 1.807) is 6.20 Å². The van der Waals surface area contributed by atoms with Gasteiger partial charge in [-0.25, -0.2) is 4.98 Å². The third-order valence-corrected chi connectivity index (χ3v) is 5.20. The molecule has 0 saturated carbocycles. The molecule has 7 nitrogen and oxygen atoms in total. The summed E-state index contributed by atoms with van der Waals surface area (Å²) in [5.74, 6) is -0.123. The Hall–Kier alpha value is -2.38. The zero-order valence-electron chi connectivity index (χ0n) is 15.5. The molecule has 1 saturated heterocycles. The lowest BCUT2D eigenvalue weighted by Gasteiger charge is -2.24. The molecule has 0 radical (unpaired) electrons. The molecule has 1 amide bonds. The molecule has 3 aromatic rings. The van der Waals surface area contributed by atoms with Crippen LogP contribution in [0, 0.1) is 13.8 Å². The Morgan fingerprint density at radius 2 is 2.22 bits per heavy atom. The van der Waals surface area contributed by atoms with E-state index in [-0.39, 0.29) is 11.9 Å². The second kappa shape index (κ2) is 7.32. The Kier molecular flexibility index (Phi) is 4.88. The summed E-state index contributed by atoms with van der Waals surface area (Å²) >= 11 is 6.10. The van der Waals surface area contributed by atoms with Crippen LogP contribution in [0.2, 0.25) is 5.02 Å². The largest absolute Gasteiger partial charge is 0.345 e. The van der Waals surface area contributed by atoms with Gasteiger partial charge in [-0.1, -0.05) is 11.6 Å². The number of amides is 1. The van der Waals surface area contributed by atoms with Crippen molar-refractivity contribution in [2.75, 3.05) is 13.1 Å². The second-order valence-electron chi connectivity index (χ2n) is 7.11. The van der Waals surface area contributed by atoms with Gasteiger partial charge in [0.25, 0.3) is 5.91 Å². The number of piperidine rings is 1. The van der Waals surface area contributed by atoms with E-state index in [9.17, 15) is 4.79 Å². The van der Waals surface area contributed by atoms with Crippen molar-refractivity contribution in [3.8, 4) is 0 Å². The SMILES string of the molecule is Cc1cnn(C2CCCNC2)c1C(=O)NCc1cn2cc(Cl)cc(C)c2n1. The molecule has 4 rings (SSSR count). The Bertz CT molecular complexity index is 986. The fraction of sp³-hybridized carbons (Fsp3) is 0.421. The van der Waals surface area contributed by atoms with Crippen molar-refractivity contribution in [1.29, 1.82) is 0 Å². The van der Waals surface area contributed by atoms with E-state index in [1.165, 1.54) is 0 Å². The Labute approximate surface area is 162 Å². The fourth-order valence-electron chi connectivity index (χ4n) is 3.67. The van der Waals surface area contributed by atoms with Crippen LogP contribution in [0.15, 0.2) is 24.7 Å². The molecular weight excluding hydrogens is 364 g/mol. The van der Waals surface area contributed by atoms with E-state index < -0.39 is 0 Å². The molecular formula is C19H23ClN6O. The third-order valence-electron chi connectivity index (χ3n) is 4.99. The van der Waals surface area contributed by atoms with Crippen LogP contribution in [0.5, 0.6) is 0 Å². The number of hydrogen-bond donors (Lipinski definition) is 2. The van der Waals surface area contributed by atoms with Gasteiger partial charge in [-0.05, 0) is 50.4 Å². The quantitative estimate of drug-likeness (QED) is 0.722. The highest BCUT2D eigenvalue weighted by molar-refractivity contribution is 6.30. The normalized spacial score (nSPS) is 17.4. The maximum absolute atomic E-state index is 12.9. The van der Waals surface area contributed by atoms with Gasteiger partial charge in [0, 0.05) is 18.9 Å². The van der Waals surface area contributed by atoms with E-state index >= 15 is 0 Å². The fourth-order valence-corrected chi connectivity index (χ4v) is 3.94. The summed E-state index contributed by atoms with van der Waals surface area (Å²) in [5, 5.41) is 11.5. The van der Waals surface area contributed by atoms with Crippen LogP contribution in [-0.4, -0.2) is 38.2 Å². The van der Waals surface area contributed by atoms with Gasteiger partial charge >= 0.3 is 0 Å². The Balaban J connectivity index is 1.52. The van der Waals surface area contributed by atoms with Crippen molar-refractivity contribution in [3.63, 3.8) is 0 Å². The maximum atomic E-state index is 12.9. The summed E-state index contributed by atoms with van der Waals surface area (Å²) in [4.78, 5) is 17.5. The highest BCUT2D eigenvalue weighted by Gasteiger charge is 2.23. The van der Waals surface area contributed by atoms with Gasteiger partial charge in [-0.2, -0.15) is 5.10 Å². The molecule has 1 aliphatic rings. The molecule has 0 spiro atoms. The van der Waals surface area contributed by atoms with E-state index in [2.05, 4.69) is 20.7 Å². The van der Waals surface area contributed by atoms with Crippen LogP contribution in [0.3, 0.4) is 0 Å². The minimum atomic E-state index is -0.123. The summed E-state index contributed by atoms with van der Waals surface area (Å²) in [7, 11) is 0. The van der Waals surface area contributed by atoms with Gasteiger partial charge in [0.15, 0.2) is 0 Å². The Morgan fingerprint density at radius 3 is 3.00 bits per heavy atom. The van der Waals surface area contributed by atoms with Gasteiger partial charge in [0.2, 0.25) is 0 Å². The van der Waals surface area contributed by atoms with Crippen molar-refractivity contribution in [1.82, 2.24) is 29.8 Å². The van der Waals surface area contributed by atoms with Gasteiger partial charge in [-0.15, -0.1) is 0 Å². The van der Waals surface area contributed by atoms with E-state index in [0.717, 1.165) is 48.4 Å². The predicted octanol–water partition coefficient (Wildman–Crippen LogP) is 2.66. The zero-order chi connectivity index (χ0) is 19.0. The molecule has 1 aliphatic heterocycles. The van der Waals surface area contributed by atoms with Gasteiger partial charge < -0.3 is 15.0 Å². The van der Waals surface area contributed by atoms with Crippen LogP contribution in [0.1, 0.15) is 46.2 Å². The van der Waals surface area contributed by atoms with Crippen molar-refractivity contribution in [2.24, 2.45) is 0 Å². The number of carbonyl (C=O) groups excluding carboxylic acids is 1. The molecule has 0 aliphatic carbocycles. The zero-order valence-corrected chi connectivity index (χ0v) is 16.3. The molecule has 0 bridgehead atoms. The first-order valence-electron chi connectivity index (χ1n) is 9.19. The highest BCUT2D eigenvalue weighted by Crippen LogP contribution is 2.20. The minimum Gasteiger partial charge on any atom is -0.345 e. The smallest absolute Gasteiger partial charge is 0.270 e. The second-order valence-corrected chi connectivity index (χ2v) is 7.54. The van der Waals surface area contributed by atoms with Crippen LogP contribution in [0.4, 0.5) is 0 Å². The number of carbonyl (C=O) groups is 1. The van der Waals surface area contributed by atoms with Gasteiger partial charge in [0.05, 0.1) is 29.5 Å². The molecule has 0 aromatic carbocycles. The van der Waals surface area contributed by atoms with Crippen molar-refractivity contribution in [2.45, 2.75) is 39.3 Å². The van der Waals surface area contributed by atoms with Crippen molar-refractivity contribution >= 4 is 23.2 Å². The summed E-state index contributed by atoms with van der Waals surface area (Å²) in [6.07, 6.45) is 7.59. The number of fused-ring (bicyclic) bond motifs is 1. The topological polar surface area (TPSA) is 76.2 Å². The van der Waals surface area contributed by atoms with Crippen molar-refractivity contribution in [3.05, 3.63) is 52.2 Å². The molecule has 4 heterocycles. The molecule has 2 N–H and O–H groups in total. The van der Waals surface area contributed by atoms with Crippen molar-refractivity contribution < 1.29 is 4.79 Å². The van der Waals surface area contributed by atoms with E-state index in [4.69, 9.17) is 11.6 Å². The average molecular weight is 387 g/mol. The summed E-state index contributed by atoms with van der Waals surface area (Å²) in [5.41, 5.74) is 4.15.